The van der Waals surface area contributed by atoms with E-state index in [1.54, 1.807) is 13.8 Å². The highest BCUT2D eigenvalue weighted by atomic mass is 16.5. The highest BCUT2D eigenvalue weighted by Crippen LogP contribution is 2.57. The standard InChI is InChI=1S/C46H66O4/c1-31(2)40(48)43(7,8)29-39(35-23-25-37(26-24-35)42(4,5)6)45(11,12)44(9,10)28-38(34-20-16-15-17-21-34)36-22-18-19-33(27-36)30-50-46(13,14)41(49)32(3)47/h15-27,31-32,38-39,47H,28-30H2,1-14H3. The van der Waals surface area contributed by atoms with Gasteiger partial charge in [0, 0.05) is 17.3 Å². The summed E-state index contributed by atoms with van der Waals surface area (Å²) < 4.78 is 6.09. The Morgan fingerprint density at radius 2 is 1.22 bits per heavy atom. The molecule has 1 N–H and O–H groups in total. The van der Waals surface area contributed by atoms with Crippen LogP contribution in [0.3, 0.4) is 0 Å². The Morgan fingerprint density at radius 3 is 1.74 bits per heavy atom. The lowest BCUT2D eigenvalue weighted by molar-refractivity contribution is -0.149. The van der Waals surface area contributed by atoms with Crippen LogP contribution in [0.5, 0.6) is 0 Å². The molecule has 0 saturated carbocycles. The quantitative estimate of drug-likeness (QED) is 0.163. The number of ether oxygens (including phenoxy) is 1. The molecule has 274 valence electrons. The highest BCUT2D eigenvalue weighted by molar-refractivity contribution is 5.90. The normalized spacial score (nSPS) is 15.1. The van der Waals surface area contributed by atoms with E-state index in [9.17, 15) is 14.7 Å². The Labute approximate surface area is 304 Å². The summed E-state index contributed by atoms with van der Waals surface area (Å²) in [5, 5.41) is 9.89. The summed E-state index contributed by atoms with van der Waals surface area (Å²) in [6.07, 6.45) is 0.563. The Kier molecular flexibility index (Phi) is 12.9. The third kappa shape index (κ3) is 9.82. The number of aliphatic hydroxyl groups is 1. The summed E-state index contributed by atoms with van der Waals surface area (Å²) in [4.78, 5) is 26.2. The maximum absolute atomic E-state index is 13.6. The van der Waals surface area contributed by atoms with E-state index in [2.05, 4.69) is 135 Å². The van der Waals surface area contributed by atoms with Crippen LogP contribution in [0.25, 0.3) is 0 Å². The van der Waals surface area contributed by atoms with Gasteiger partial charge in [0.15, 0.2) is 5.78 Å². The Bertz CT molecular complexity index is 1570. The van der Waals surface area contributed by atoms with E-state index in [1.807, 2.05) is 19.9 Å². The molecule has 0 aromatic heterocycles. The average molecular weight is 683 g/mol. The summed E-state index contributed by atoms with van der Waals surface area (Å²) in [5.74, 6) is 0.183. The van der Waals surface area contributed by atoms with Crippen LogP contribution in [0.2, 0.25) is 0 Å². The maximum atomic E-state index is 13.6. The van der Waals surface area contributed by atoms with Crippen LogP contribution in [0.15, 0.2) is 78.9 Å². The van der Waals surface area contributed by atoms with Gasteiger partial charge in [-0.3, -0.25) is 9.59 Å². The number of carbonyl (C=O) groups excluding carboxylic acids is 2. The molecule has 0 spiro atoms. The first-order valence-corrected chi connectivity index (χ1v) is 18.6. The monoisotopic (exact) mass is 682 g/mol. The fourth-order valence-electron chi connectivity index (χ4n) is 7.49. The van der Waals surface area contributed by atoms with Gasteiger partial charge in [0.2, 0.25) is 0 Å². The molecule has 50 heavy (non-hydrogen) atoms. The number of aliphatic hydroxyl groups excluding tert-OH is 1. The second-order valence-electron chi connectivity index (χ2n) is 18.4. The minimum absolute atomic E-state index is 0.0282. The molecule has 0 heterocycles. The Hall–Kier alpha value is -3.08. The van der Waals surface area contributed by atoms with Crippen molar-refractivity contribution >= 4 is 11.6 Å². The predicted octanol–water partition coefficient (Wildman–Crippen LogP) is 11.2. The largest absolute Gasteiger partial charge is 0.385 e. The molecule has 4 heteroatoms. The molecule has 3 aromatic carbocycles. The maximum Gasteiger partial charge on any atom is 0.192 e. The molecule has 3 unspecified atom stereocenters. The second-order valence-corrected chi connectivity index (χ2v) is 18.4. The topological polar surface area (TPSA) is 63.6 Å². The van der Waals surface area contributed by atoms with Crippen molar-refractivity contribution in [2.24, 2.45) is 22.2 Å². The summed E-state index contributed by atoms with van der Waals surface area (Å²) in [7, 11) is 0. The van der Waals surface area contributed by atoms with E-state index in [1.165, 1.54) is 29.2 Å². The molecule has 0 aliphatic rings. The number of ketones is 2. The minimum Gasteiger partial charge on any atom is -0.385 e. The van der Waals surface area contributed by atoms with Crippen molar-refractivity contribution < 1.29 is 19.4 Å². The van der Waals surface area contributed by atoms with Crippen LogP contribution in [0.4, 0.5) is 0 Å². The molecule has 0 radical (unpaired) electrons. The van der Waals surface area contributed by atoms with Gasteiger partial charge in [-0.1, -0.05) is 155 Å². The van der Waals surface area contributed by atoms with Crippen LogP contribution >= 0.6 is 0 Å². The molecule has 0 bridgehead atoms. The zero-order valence-corrected chi connectivity index (χ0v) is 33.6. The molecule has 3 atom stereocenters. The molecule has 3 aromatic rings. The minimum atomic E-state index is -1.10. The van der Waals surface area contributed by atoms with Gasteiger partial charge in [-0.25, -0.2) is 0 Å². The van der Waals surface area contributed by atoms with Gasteiger partial charge in [0.25, 0.3) is 0 Å². The average Bonchev–Trinajstić information content (AvgIpc) is 3.04. The zero-order valence-electron chi connectivity index (χ0n) is 33.6. The van der Waals surface area contributed by atoms with Gasteiger partial charge in [-0.15, -0.1) is 0 Å². The Morgan fingerprint density at radius 1 is 0.660 bits per heavy atom. The van der Waals surface area contributed by atoms with Crippen LogP contribution in [-0.2, 0) is 26.3 Å². The van der Waals surface area contributed by atoms with Crippen LogP contribution < -0.4 is 0 Å². The lowest BCUT2D eigenvalue weighted by Crippen LogP contribution is -2.42. The number of Topliss-reactive ketones (excluding diaryl/α,β-unsaturated/α-hetero) is 2. The number of hydrogen-bond donors (Lipinski definition) is 1. The van der Waals surface area contributed by atoms with Crippen molar-refractivity contribution in [3.8, 4) is 0 Å². The third-order valence-electron chi connectivity index (χ3n) is 11.5. The van der Waals surface area contributed by atoms with Crippen molar-refractivity contribution in [1.82, 2.24) is 0 Å². The number of carbonyl (C=O) groups is 2. The van der Waals surface area contributed by atoms with Gasteiger partial charge in [0.1, 0.15) is 17.5 Å². The van der Waals surface area contributed by atoms with Gasteiger partial charge in [-0.05, 0) is 83.6 Å². The van der Waals surface area contributed by atoms with E-state index in [0.717, 1.165) is 18.4 Å². The SMILES string of the molecule is CC(C)C(=O)C(C)(C)CC(c1ccc(C(C)(C)C)cc1)C(C)(C)C(C)(C)CC(c1ccccc1)c1cccc(COC(C)(C)C(=O)C(C)O)c1. The molecule has 0 aliphatic heterocycles. The van der Waals surface area contributed by atoms with E-state index in [4.69, 9.17) is 4.74 Å². The van der Waals surface area contributed by atoms with Crippen LogP contribution in [-0.4, -0.2) is 28.4 Å². The van der Waals surface area contributed by atoms with Crippen molar-refractivity contribution in [3.63, 3.8) is 0 Å². The molecule has 0 amide bonds. The van der Waals surface area contributed by atoms with Crippen molar-refractivity contribution in [2.45, 2.75) is 145 Å². The first kappa shape index (κ1) is 41.3. The molecule has 4 nitrogen and oxygen atoms in total. The molecule has 0 saturated heterocycles. The van der Waals surface area contributed by atoms with Crippen molar-refractivity contribution in [3.05, 3.63) is 107 Å². The third-order valence-corrected chi connectivity index (χ3v) is 11.5. The molecule has 0 aliphatic carbocycles. The number of benzene rings is 3. The molecule has 3 rings (SSSR count). The van der Waals surface area contributed by atoms with Crippen LogP contribution in [0.1, 0.15) is 149 Å². The molecular formula is C46H66O4. The summed E-state index contributed by atoms with van der Waals surface area (Å²) in [6.45, 7) is 29.8. The van der Waals surface area contributed by atoms with Crippen molar-refractivity contribution in [1.29, 1.82) is 0 Å². The highest BCUT2D eigenvalue weighted by Gasteiger charge is 2.47. The molecule has 0 fully saturated rings. The summed E-state index contributed by atoms with van der Waals surface area (Å²) >= 11 is 0. The fraction of sp³-hybridized carbons (Fsp3) is 0.565. The van der Waals surface area contributed by atoms with E-state index < -0.39 is 17.1 Å². The smallest absolute Gasteiger partial charge is 0.192 e. The first-order valence-electron chi connectivity index (χ1n) is 18.6. The number of hydrogen-bond acceptors (Lipinski definition) is 4. The lowest BCUT2D eigenvalue weighted by atomic mass is 9.53. The van der Waals surface area contributed by atoms with Gasteiger partial charge in [0.05, 0.1) is 6.61 Å². The summed E-state index contributed by atoms with van der Waals surface area (Å²) in [6, 6.07) is 28.4. The molecular weight excluding hydrogens is 617 g/mol. The van der Waals surface area contributed by atoms with Crippen molar-refractivity contribution in [2.75, 3.05) is 0 Å². The zero-order chi connectivity index (χ0) is 37.9. The predicted molar refractivity (Wildman–Crippen MR) is 209 cm³/mol. The van der Waals surface area contributed by atoms with E-state index in [-0.39, 0.29) is 46.4 Å². The first-order chi connectivity index (χ1) is 22.9. The van der Waals surface area contributed by atoms with Gasteiger partial charge >= 0.3 is 0 Å². The Balaban J connectivity index is 2.08. The lowest BCUT2D eigenvalue weighted by Gasteiger charge is -2.51. The van der Waals surface area contributed by atoms with E-state index in [0.29, 0.717) is 5.78 Å². The number of rotatable bonds is 16. The fourth-order valence-corrected chi connectivity index (χ4v) is 7.49. The van der Waals surface area contributed by atoms with Gasteiger partial charge in [-0.2, -0.15) is 0 Å². The summed E-state index contributed by atoms with van der Waals surface area (Å²) in [5.41, 5.74) is 4.12. The second kappa shape index (κ2) is 15.7. The van der Waals surface area contributed by atoms with Gasteiger partial charge < -0.3 is 9.84 Å². The van der Waals surface area contributed by atoms with E-state index >= 15 is 0 Å². The van der Waals surface area contributed by atoms with Crippen LogP contribution in [0, 0.1) is 22.2 Å².